The molecule has 146 valence electrons. The number of anilines is 2. The van der Waals surface area contributed by atoms with Gasteiger partial charge in [-0.05, 0) is 24.3 Å². The fraction of sp³-hybridized carbons (Fsp3) is 0.0455. The maximum atomic E-state index is 12.9. The first-order valence-corrected chi connectivity index (χ1v) is 10.8. The summed E-state index contributed by atoms with van der Waals surface area (Å²) in [5.74, 6) is 6.22. The molecule has 1 aliphatic heterocycles. The van der Waals surface area contributed by atoms with E-state index in [9.17, 15) is 13.2 Å². The van der Waals surface area contributed by atoms with Crippen LogP contribution in [0.15, 0.2) is 83.8 Å². The van der Waals surface area contributed by atoms with E-state index in [0.29, 0.717) is 22.6 Å². The number of carbonyl (C=O) groups excluding carboxylic acids is 1. The van der Waals surface area contributed by atoms with E-state index in [-0.39, 0.29) is 10.8 Å². The molecule has 3 N–H and O–H groups in total. The molecule has 0 unspecified atom stereocenters. The van der Waals surface area contributed by atoms with E-state index >= 15 is 0 Å². The third-order valence-corrected chi connectivity index (χ3v) is 5.83. The van der Waals surface area contributed by atoms with Gasteiger partial charge in [0.1, 0.15) is 0 Å². The molecule has 1 aliphatic rings. The minimum absolute atomic E-state index is 0.152. The molecular formula is C22H19N3O3S. The van der Waals surface area contributed by atoms with Crippen molar-refractivity contribution in [2.75, 3.05) is 16.6 Å². The van der Waals surface area contributed by atoms with Crippen molar-refractivity contribution >= 4 is 38.4 Å². The lowest BCUT2D eigenvalue weighted by Gasteiger charge is -2.24. The van der Waals surface area contributed by atoms with Crippen LogP contribution in [-0.2, 0) is 14.6 Å². The molecule has 4 rings (SSSR count). The van der Waals surface area contributed by atoms with Crippen molar-refractivity contribution in [1.29, 1.82) is 0 Å². The first-order chi connectivity index (χ1) is 13.9. The zero-order valence-electron chi connectivity index (χ0n) is 15.7. The van der Waals surface area contributed by atoms with Crippen LogP contribution in [0.5, 0.6) is 0 Å². The smallest absolute Gasteiger partial charge is 0.258 e. The van der Waals surface area contributed by atoms with Gasteiger partial charge in [-0.15, -0.1) is 0 Å². The molecule has 3 aromatic carbocycles. The zero-order valence-corrected chi connectivity index (χ0v) is 16.5. The fourth-order valence-corrected chi connectivity index (χ4v) is 4.01. The van der Waals surface area contributed by atoms with Gasteiger partial charge < -0.3 is 5.32 Å². The van der Waals surface area contributed by atoms with Crippen LogP contribution in [-0.4, -0.2) is 20.6 Å². The van der Waals surface area contributed by atoms with Crippen molar-refractivity contribution < 1.29 is 13.2 Å². The van der Waals surface area contributed by atoms with Gasteiger partial charge in [0.05, 0.1) is 21.9 Å². The molecule has 0 bridgehead atoms. The molecule has 0 aliphatic carbocycles. The van der Waals surface area contributed by atoms with Crippen LogP contribution in [0.1, 0.15) is 11.1 Å². The topological polar surface area (TPSA) is 92.5 Å². The molecule has 0 fully saturated rings. The van der Waals surface area contributed by atoms with Crippen molar-refractivity contribution in [2.24, 2.45) is 5.84 Å². The highest BCUT2D eigenvalue weighted by molar-refractivity contribution is 7.90. The highest BCUT2D eigenvalue weighted by atomic mass is 32.2. The minimum Gasteiger partial charge on any atom is -0.321 e. The SMILES string of the molecule is CS(=O)(=O)c1cccc(N(N)/C(=C2\C(=O)Nc3ccccc32)c2ccccc2)c1. The number of amides is 1. The Bertz CT molecular complexity index is 1230. The van der Waals surface area contributed by atoms with Crippen molar-refractivity contribution in [1.82, 2.24) is 0 Å². The van der Waals surface area contributed by atoms with Gasteiger partial charge in [0, 0.05) is 23.1 Å². The number of nitrogens with two attached hydrogens (primary N) is 1. The van der Waals surface area contributed by atoms with Gasteiger partial charge in [0.15, 0.2) is 9.84 Å². The van der Waals surface area contributed by atoms with Gasteiger partial charge in [0.2, 0.25) is 0 Å². The second-order valence-electron chi connectivity index (χ2n) is 6.73. The average molecular weight is 405 g/mol. The summed E-state index contributed by atoms with van der Waals surface area (Å²) in [6.45, 7) is 0. The van der Waals surface area contributed by atoms with Crippen molar-refractivity contribution in [3.63, 3.8) is 0 Å². The zero-order chi connectivity index (χ0) is 20.6. The van der Waals surface area contributed by atoms with Gasteiger partial charge in [-0.1, -0.05) is 54.6 Å². The van der Waals surface area contributed by atoms with Crippen LogP contribution >= 0.6 is 0 Å². The Kier molecular flexibility index (Phi) is 4.70. The largest absolute Gasteiger partial charge is 0.321 e. The number of hydrogen-bond donors (Lipinski definition) is 2. The molecule has 1 amide bonds. The predicted molar refractivity (Wildman–Crippen MR) is 115 cm³/mol. The number of benzene rings is 3. The number of hydrogen-bond acceptors (Lipinski definition) is 5. The number of fused-ring (bicyclic) bond motifs is 1. The second-order valence-corrected chi connectivity index (χ2v) is 8.74. The Morgan fingerprint density at radius 3 is 2.34 bits per heavy atom. The van der Waals surface area contributed by atoms with E-state index in [4.69, 9.17) is 5.84 Å². The molecule has 3 aromatic rings. The first-order valence-electron chi connectivity index (χ1n) is 8.91. The van der Waals surface area contributed by atoms with Gasteiger partial charge in [0.25, 0.3) is 5.91 Å². The van der Waals surface area contributed by atoms with Crippen LogP contribution in [0.25, 0.3) is 11.3 Å². The highest BCUT2D eigenvalue weighted by Gasteiger charge is 2.30. The molecule has 6 nitrogen and oxygen atoms in total. The molecule has 0 aromatic heterocycles. The summed E-state index contributed by atoms with van der Waals surface area (Å²) < 4.78 is 24.0. The van der Waals surface area contributed by atoms with E-state index in [1.165, 1.54) is 17.1 Å². The summed E-state index contributed by atoms with van der Waals surface area (Å²) in [5.41, 5.74) is 3.56. The number of nitrogens with zero attached hydrogens (tertiary/aromatic N) is 1. The Balaban J connectivity index is 1.96. The molecule has 0 spiro atoms. The number of nitrogens with one attached hydrogen (secondary N) is 1. The van der Waals surface area contributed by atoms with Crippen LogP contribution in [0.3, 0.4) is 0 Å². The molecule has 29 heavy (non-hydrogen) atoms. The van der Waals surface area contributed by atoms with E-state index in [1.54, 1.807) is 12.1 Å². The number of para-hydroxylation sites is 1. The Morgan fingerprint density at radius 2 is 1.62 bits per heavy atom. The Labute approximate surface area is 169 Å². The number of rotatable bonds is 4. The number of hydrazine groups is 1. The van der Waals surface area contributed by atoms with E-state index in [0.717, 1.165) is 17.4 Å². The van der Waals surface area contributed by atoms with E-state index in [2.05, 4.69) is 5.32 Å². The minimum atomic E-state index is -3.41. The van der Waals surface area contributed by atoms with Crippen molar-refractivity contribution in [3.05, 3.63) is 90.0 Å². The van der Waals surface area contributed by atoms with Gasteiger partial charge in [-0.2, -0.15) is 0 Å². The van der Waals surface area contributed by atoms with Crippen LogP contribution in [0.2, 0.25) is 0 Å². The van der Waals surface area contributed by atoms with Crippen molar-refractivity contribution in [3.8, 4) is 0 Å². The molecule has 0 radical (unpaired) electrons. The van der Waals surface area contributed by atoms with Crippen molar-refractivity contribution in [2.45, 2.75) is 4.90 Å². The maximum Gasteiger partial charge on any atom is 0.258 e. The van der Waals surface area contributed by atoms with Crippen LogP contribution < -0.4 is 16.2 Å². The molecule has 7 heteroatoms. The fourth-order valence-electron chi connectivity index (χ4n) is 3.35. The van der Waals surface area contributed by atoms with Gasteiger partial charge in [-0.25, -0.2) is 14.3 Å². The van der Waals surface area contributed by atoms with E-state index in [1.807, 2.05) is 54.6 Å². The average Bonchev–Trinajstić information content (AvgIpc) is 3.04. The first kappa shape index (κ1) is 18.9. The molecule has 0 atom stereocenters. The maximum absolute atomic E-state index is 12.9. The summed E-state index contributed by atoms with van der Waals surface area (Å²) in [6.07, 6.45) is 1.14. The predicted octanol–water partition coefficient (Wildman–Crippen LogP) is 3.29. The third-order valence-electron chi connectivity index (χ3n) is 4.72. The molecule has 0 saturated heterocycles. The summed E-state index contributed by atoms with van der Waals surface area (Å²) in [7, 11) is -3.41. The third kappa shape index (κ3) is 3.53. The number of carbonyl (C=O) groups is 1. The van der Waals surface area contributed by atoms with Gasteiger partial charge >= 0.3 is 0 Å². The second kappa shape index (κ2) is 7.20. The monoisotopic (exact) mass is 405 g/mol. The number of sulfone groups is 1. The lowest BCUT2D eigenvalue weighted by Crippen LogP contribution is -2.31. The molecule has 1 heterocycles. The van der Waals surface area contributed by atoms with Gasteiger partial charge in [-0.3, -0.25) is 9.80 Å². The lowest BCUT2D eigenvalue weighted by atomic mass is 9.99. The summed E-state index contributed by atoms with van der Waals surface area (Å²) in [6, 6.07) is 23.0. The summed E-state index contributed by atoms with van der Waals surface area (Å²) >= 11 is 0. The quantitative estimate of drug-likeness (QED) is 0.395. The molecular weight excluding hydrogens is 386 g/mol. The Morgan fingerprint density at radius 1 is 0.931 bits per heavy atom. The lowest BCUT2D eigenvalue weighted by molar-refractivity contribution is -0.110. The standard InChI is InChI=1S/C22H19N3O3S/c1-29(27,28)17-11-7-10-16(14-17)25(23)21(15-8-3-2-4-9-15)20-18-12-5-6-13-19(18)24-22(20)26/h2-14H,23H2,1H3,(H,24,26)/b21-20-. The Hall–Kier alpha value is -3.42. The normalized spacial score (nSPS) is 14.9. The summed E-state index contributed by atoms with van der Waals surface area (Å²) in [4.78, 5) is 13.0. The van der Waals surface area contributed by atoms with Crippen LogP contribution in [0.4, 0.5) is 11.4 Å². The summed E-state index contributed by atoms with van der Waals surface area (Å²) in [5, 5.41) is 4.23. The van der Waals surface area contributed by atoms with Crippen LogP contribution in [0, 0.1) is 0 Å². The highest BCUT2D eigenvalue weighted by Crippen LogP contribution is 2.39. The van der Waals surface area contributed by atoms with E-state index < -0.39 is 9.84 Å². The molecule has 0 saturated carbocycles.